The summed E-state index contributed by atoms with van der Waals surface area (Å²) >= 11 is 0. The smallest absolute Gasteiger partial charge is 0.141 e. The van der Waals surface area contributed by atoms with Crippen molar-refractivity contribution in [1.29, 1.82) is 0 Å². The normalized spacial score (nSPS) is 24.8. The topological polar surface area (TPSA) is 29.3 Å². The molecule has 1 aliphatic heterocycles. The van der Waals surface area contributed by atoms with Crippen molar-refractivity contribution in [2.45, 2.75) is 38.0 Å². The number of likely N-dealkylation sites (tertiary alicyclic amines) is 1. The summed E-state index contributed by atoms with van der Waals surface area (Å²) in [6.45, 7) is 2.94. The van der Waals surface area contributed by atoms with E-state index >= 15 is 0 Å². The molecule has 3 unspecified atom stereocenters. The number of rotatable bonds is 3. The molecule has 2 rings (SSSR count). The molecule has 0 spiro atoms. The molecule has 2 N–H and O–H groups in total. The molecule has 0 aromatic heterocycles. The van der Waals surface area contributed by atoms with E-state index in [1.807, 2.05) is 38.2 Å². The second-order valence-corrected chi connectivity index (χ2v) is 5.05. The van der Waals surface area contributed by atoms with Crippen LogP contribution < -0.4 is 5.73 Å². The maximum Gasteiger partial charge on any atom is 0.141 e. The summed E-state index contributed by atoms with van der Waals surface area (Å²) in [6.07, 6.45) is 1.16. The van der Waals surface area contributed by atoms with Crippen molar-refractivity contribution in [3.8, 4) is 0 Å². The number of nitrogens with two attached hydrogens (primary N) is 1. The molecule has 0 saturated carbocycles. The van der Waals surface area contributed by atoms with Gasteiger partial charge in [-0.05, 0) is 44.5 Å². The molecule has 1 heterocycles. The lowest BCUT2D eigenvalue weighted by Crippen LogP contribution is -2.29. The zero-order valence-corrected chi connectivity index (χ0v) is 10.6. The second kappa shape index (κ2) is 5.15. The van der Waals surface area contributed by atoms with E-state index in [0.29, 0.717) is 0 Å². The van der Waals surface area contributed by atoms with Gasteiger partial charge >= 0.3 is 0 Å². The number of halogens is 1. The van der Waals surface area contributed by atoms with Crippen LogP contribution >= 0.6 is 0 Å². The van der Waals surface area contributed by atoms with E-state index in [1.165, 1.54) is 0 Å². The molecule has 94 valence electrons. The molecule has 1 fully saturated rings. The minimum atomic E-state index is -0.885. The molecule has 2 nitrogen and oxygen atoms in total. The summed E-state index contributed by atoms with van der Waals surface area (Å²) in [4.78, 5) is 2.12. The Morgan fingerprint density at radius 1 is 1.29 bits per heavy atom. The van der Waals surface area contributed by atoms with Crippen LogP contribution in [0.15, 0.2) is 24.3 Å². The van der Waals surface area contributed by atoms with Gasteiger partial charge in [0.1, 0.15) is 6.17 Å². The minimum absolute atomic E-state index is 0.0104. The lowest BCUT2D eigenvalue weighted by atomic mass is 9.99. The fourth-order valence-corrected chi connectivity index (χ4v) is 2.51. The third kappa shape index (κ3) is 2.67. The standard InChI is InChI=1S/C14H21FN2/c1-10(16)11-5-7-12(8-6-11)14(15)13-4-3-9-17(13)2/h5-8,10,13-14H,3-4,9,16H2,1-2H3. The van der Waals surface area contributed by atoms with Crippen molar-refractivity contribution >= 4 is 0 Å². The summed E-state index contributed by atoms with van der Waals surface area (Å²) in [6, 6.07) is 7.65. The van der Waals surface area contributed by atoms with E-state index in [2.05, 4.69) is 4.90 Å². The van der Waals surface area contributed by atoms with Crippen LogP contribution in [0.3, 0.4) is 0 Å². The van der Waals surface area contributed by atoms with Gasteiger partial charge < -0.3 is 10.6 Å². The SMILES string of the molecule is CC(N)c1ccc(C(F)C2CCCN2C)cc1. The lowest BCUT2D eigenvalue weighted by molar-refractivity contribution is 0.174. The zero-order valence-electron chi connectivity index (χ0n) is 10.6. The van der Waals surface area contributed by atoms with Gasteiger partial charge in [0.05, 0.1) is 0 Å². The summed E-state index contributed by atoms with van der Waals surface area (Å²) < 4.78 is 14.4. The Morgan fingerprint density at radius 2 is 1.88 bits per heavy atom. The molecule has 1 aromatic rings. The molecule has 1 saturated heterocycles. The number of hydrogen-bond donors (Lipinski definition) is 1. The molecular weight excluding hydrogens is 215 g/mol. The predicted molar refractivity (Wildman–Crippen MR) is 68.5 cm³/mol. The third-order valence-corrected chi connectivity index (χ3v) is 3.70. The number of hydrogen-bond acceptors (Lipinski definition) is 2. The minimum Gasteiger partial charge on any atom is -0.324 e. The van der Waals surface area contributed by atoms with Gasteiger partial charge in [0.15, 0.2) is 0 Å². The average Bonchev–Trinajstić information content (AvgIpc) is 2.74. The average molecular weight is 236 g/mol. The molecule has 0 bridgehead atoms. The Hall–Kier alpha value is -0.930. The monoisotopic (exact) mass is 236 g/mol. The van der Waals surface area contributed by atoms with Crippen molar-refractivity contribution in [2.75, 3.05) is 13.6 Å². The maximum absolute atomic E-state index is 14.4. The Balaban J connectivity index is 2.11. The van der Waals surface area contributed by atoms with E-state index in [-0.39, 0.29) is 12.1 Å². The summed E-state index contributed by atoms with van der Waals surface area (Å²) in [5.74, 6) is 0. The van der Waals surface area contributed by atoms with Gasteiger partial charge in [-0.1, -0.05) is 24.3 Å². The van der Waals surface area contributed by atoms with Crippen LogP contribution in [0.2, 0.25) is 0 Å². The first kappa shape index (κ1) is 12.5. The van der Waals surface area contributed by atoms with Crippen molar-refractivity contribution in [1.82, 2.24) is 4.90 Å². The Morgan fingerprint density at radius 3 is 2.35 bits per heavy atom. The van der Waals surface area contributed by atoms with Crippen LogP contribution in [0.25, 0.3) is 0 Å². The van der Waals surface area contributed by atoms with Crippen molar-refractivity contribution in [3.63, 3.8) is 0 Å². The highest BCUT2D eigenvalue weighted by Crippen LogP contribution is 2.31. The molecule has 1 aliphatic rings. The quantitative estimate of drug-likeness (QED) is 0.874. The summed E-state index contributed by atoms with van der Waals surface area (Å²) in [5.41, 5.74) is 7.61. The molecule has 3 heteroatoms. The molecule has 0 radical (unpaired) electrons. The Bertz CT molecular complexity index is 361. The fraction of sp³-hybridized carbons (Fsp3) is 0.571. The highest BCUT2D eigenvalue weighted by molar-refractivity contribution is 5.27. The summed E-state index contributed by atoms with van der Waals surface area (Å²) in [7, 11) is 2.00. The third-order valence-electron chi connectivity index (χ3n) is 3.70. The van der Waals surface area contributed by atoms with E-state index in [0.717, 1.165) is 30.5 Å². The van der Waals surface area contributed by atoms with Gasteiger partial charge in [-0.3, -0.25) is 0 Å². The number of benzene rings is 1. The second-order valence-electron chi connectivity index (χ2n) is 5.05. The largest absolute Gasteiger partial charge is 0.324 e. The summed E-state index contributed by atoms with van der Waals surface area (Å²) in [5, 5.41) is 0. The van der Waals surface area contributed by atoms with E-state index < -0.39 is 6.17 Å². The molecule has 1 aromatic carbocycles. The van der Waals surface area contributed by atoms with Crippen LogP contribution in [0.1, 0.15) is 43.1 Å². The van der Waals surface area contributed by atoms with Gasteiger partial charge in [-0.25, -0.2) is 4.39 Å². The van der Waals surface area contributed by atoms with E-state index in [1.54, 1.807) is 0 Å². The van der Waals surface area contributed by atoms with Crippen molar-refractivity contribution in [2.24, 2.45) is 5.73 Å². The highest BCUT2D eigenvalue weighted by Gasteiger charge is 2.30. The number of nitrogens with zero attached hydrogens (tertiary/aromatic N) is 1. The van der Waals surface area contributed by atoms with Gasteiger partial charge in [-0.2, -0.15) is 0 Å². The van der Waals surface area contributed by atoms with Crippen LogP contribution in [-0.2, 0) is 0 Å². The van der Waals surface area contributed by atoms with Gasteiger partial charge in [0, 0.05) is 12.1 Å². The predicted octanol–water partition coefficient (Wildman–Crippen LogP) is 2.81. The molecule has 3 atom stereocenters. The van der Waals surface area contributed by atoms with Crippen LogP contribution in [0.4, 0.5) is 4.39 Å². The molecular formula is C14H21FN2. The maximum atomic E-state index is 14.4. The highest BCUT2D eigenvalue weighted by atomic mass is 19.1. The van der Waals surface area contributed by atoms with Gasteiger partial charge in [-0.15, -0.1) is 0 Å². The van der Waals surface area contributed by atoms with Gasteiger partial charge in [0.25, 0.3) is 0 Å². The van der Waals surface area contributed by atoms with Crippen LogP contribution in [0, 0.1) is 0 Å². The van der Waals surface area contributed by atoms with Crippen LogP contribution in [0.5, 0.6) is 0 Å². The van der Waals surface area contributed by atoms with Crippen molar-refractivity contribution in [3.05, 3.63) is 35.4 Å². The lowest BCUT2D eigenvalue weighted by Gasteiger charge is -2.23. The first-order chi connectivity index (χ1) is 8.09. The zero-order chi connectivity index (χ0) is 12.4. The molecule has 17 heavy (non-hydrogen) atoms. The van der Waals surface area contributed by atoms with Crippen LogP contribution in [-0.4, -0.2) is 24.5 Å². The van der Waals surface area contributed by atoms with E-state index in [9.17, 15) is 4.39 Å². The first-order valence-electron chi connectivity index (χ1n) is 6.29. The number of likely N-dealkylation sites (N-methyl/N-ethyl adjacent to an activating group) is 1. The molecule has 0 amide bonds. The Kier molecular flexibility index (Phi) is 3.79. The van der Waals surface area contributed by atoms with Crippen molar-refractivity contribution < 1.29 is 4.39 Å². The Labute approximate surface area is 103 Å². The van der Waals surface area contributed by atoms with E-state index in [4.69, 9.17) is 5.73 Å². The fourth-order valence-electron chi connectivity index (χ4n) is 2.51. The number of alkyl halides is 1. The molecule has 0 aliphatic carbocycles. The first-order valence-corrected chi connectivity index (χ1v) is 6.29. The van der Waals surface area contributed by atoms with Gasteiger partial charge in [0.2, 0.25) is 0 Å².